The molecule has 2 aromatic carbocycles. The number of hydrogen-bond acceptors (Lipinski definition) is 9. The number of fused-ring (bicyclic) bond motifs is 1. The summed E-state index contributed by atoms with van der Waals surface area (Å²) in [6.45, 7) is 4.07. The summed E-state index contributed by atoms with van der Waals surface area (Å²) < 4.78 is 0.786. The van der Waals surface area contributed by atoms with Gasteiger partial charge in [-0.3, -0.25) is 29.9 Å². The topological polar surface area (TPSA) is 135 Å². The molecule has 0 bridgehead atoms. The number of rotatable bonds is 7. The summed E-state index contributed by atoms with van der Waals surface area (Å²) >= 11 is 1.44. The van der Waals surface area contributed by atoms with Gasteiger partial charge in [-0.25, -0.2) is 4.98 Å². The number of nitro groups is 2. The van der Waals surface area contributed by atoms with E-state index in [9.17, 15) is 25.0 Å². The number of carbonyl (C=O) groups is 1. The van der Waals surface area contributed by atoms with Gasteiger partial charge in [0, 0.05) is 57.5 Å². The molecule has 0 atom stereocenters. The standard InChI is InChI=1S/C20H20N6O5S/c27-19(15-3-1-2-4-17(15)26(30)31)21-7-8-23-9-11-24(12-10-23)20-22-16-6-5-14(25(28)29)13-18(16)32-20/h1-6,13H,7-12H2,(H,21,27). The van der Waals surface area contributed by atoms with Crippen LogP contribution in [0.1, 0.15) is 10.4 Å². The summed E-state index contributed by atoms with van der Waals surface area (Å²) in [5.74, 6) is -0.459. The number of piperazine rings is 1. The van der Waals surface area contributed by atoms with Crippen molar-refractivity contribution in [2.24, 2.45) is 0 Å². The molecule has 11 nitrogen and oxygen atoms in total. The molecule has 0 saturated carbocycles. The molecule has 3 aromatic rings. The van der Waals surface area contributed by atoms with E-state index in [1.165, 1.54) is 35.6 Å². The number of carbonyl (C=O) groups excluding carboxylic acids is 1. The maximum absolute atomic E-state index is 12.3. The van der Waals surface area contributed by atoms with E-state index in [-0.39, 0.29) is 16.9 Å². The Labute approximate surface area is 186 Å². The first-order valence-electron chi connectivity index (χ1n) is 9.96. The molecule has 4 rings (SSSR count). The van der Waals surface area contributed by atoms with Crippen molar-refractivity contribution in [3.8, 4) is 0 Å². The highest BCUT2D eigenvalue weighted by Crippen LogP contribution is 2.31. The Morgan fingerprint density at radius 2 is 1.81 bits per heavy atom. The van der Waals surface area contributed by atoms with E-state index >= 15 is 0 Å². The Hall–Kier alpha value is -3.64. The Kier molecular flexibility index (Phi) is 6.23. The van der Waals surface area contributed by atoms with Gasteiger partial charge in [-0.2, -0.15) is 0 Å². The minimum atomic E-state index is -0.561. The van der Waals surface area contributed by atoms with Crippen molar-refractivity contribution in [1.29, 1.82) is 0 Å². The Morgan fingerprint density at radius 1 is 1.06 bits per heavy atom. The van der Waals surface area contributed by atoms with E-state index < -0.39 is 15.8 Å². The van der Waals surface area contributed by atoms with E-state index in [1.54, 1.807) is 18.2 Å². The van der Waals surface area contributed by atoms with Crippen LogP contribution in [0.15, 0.2) is 42.5 Å². The Balaban J connectivity index is 1.28. The van der Waals surface area contributed by atoms with Crippen LogP contribution in [0.4, 0.5) is 16.5 Å². The van der Waals surface area contributed by atoms with E-state index in [2.05, 4.69) is 20.1 Å². The van der Waals surface area contributed by atoms with Gasteiger partial charge >= 0.3 is 0 Å². The van der Waals surface area contributed by atoms with E-state index in [0.29, 0.717) is 13.1 Å². The zero-order valence-corrected chi connectivity index (χ0v) is 17.8. The zero-order chi connectivity index (χ0) is 22.7. The largest absolute Gasteiger partial charge is 0.351 e. The first-order valence-corrected chi connectivity index (χ1v) is 10.8. The number of nitro benzene ring substituents is 2. The highest BCUT2D eigenvalue weighted by atomic mass is 32.1. The minimum Gasteiger partial charge on any atom is -0.351 e. The molecule has 1 aromatic heterocycles. The lowest BCUT2D eigenvalue weighted by atomic mass is 10.1. The van der Waals surface area contributed by atoms with Gasteiger partial charge in [0.25, 0.3) is 17.3 Å². The molecule has 0 radical (unpaired) electrons. The van der Waals surface area contributed by atoms with Crippen molar-refractivity contribution >= 4 is 44.0 Å². The van der Waals surface area contributed by atoms with Crippen LogP contribution in [0, 0.1) is 20.2 Å². The molecule has 1 saturated heterocycles. The van der Waals surface area contributed by atoms with Crippen molar-refractivity contribution in [3.63, 3.8) is 0 Å². The van der Waals surface area contributed by atoms with Gasteiger partial charge in [-0.05, 0) is 12.1 Å². The second kappa shape index (κ2) is 9.24. The third-order valence-corrected chi connectivity index (χ3v) is 6.35. The number of thiazole rings is 1. The molecule has 2 heterocycles. The highest BCUT2D eigenvalue weighted by molar-refractivity contribution is 7.22. The number of aromatic nitrogens is 1. The maximum Gasteiger partial charge on any atom is 0.282 e. The number of non-ortho nitro benzene ring substituents is 1. The molecule has 1 aliphatic heterocycles. The predicted molar refractivity (Wildman–Crippen MR) is 120 cm³/mol. The van der Waals surface area contributed by atoms with Crippen LogP contribution in [0.25, 0.3) is 10.2 Å². The van der Waals surface area contributed by atoms with Crippen LogP contribution in [0.5, 0.6) is 0 Å². The van der Waals surface area contributed by atoms with Crippen LogP contribution >= 0.6 is 11.3 Å². The summed E-state index contributed by atoms with van der Waals surface area (Å²) in [4.78, 5) is 42.3. The molecule has 1 N–H and O–H groups in total. The van der Waals surface area contributed by atoms with Gasteiger partial charge < -0.3 is 10.2 Å². The Morgan fingerprint density at radius 3 is 2.53 bits per heavy atom. The average molecular weight is 456 g/mol. The van der Waals surface area contributed by atoms with Crippen molar-refractivity contribution < 1.29 is 14.6 Å². The number of benzene rings is 2. The zero-order valence-electron chi connectivity index (χ0n) is 17.0. The van der Waals surface area contributed by atoms with E-state index in [0.717, 1.165) is 41.5 Å². The van der Waals surface area contributed by atoms with Crippen LogP contribution in [0.3, 0.4) is 0 Å². The predicted octanol–water partition coefficient (Wildman–Crippen LogP) is 2.66. The molecule has 0 spiro atoms. The third-order valence-electron chi connectivity index (χ3n) is 5.27. The van der Waals surface area contributed by atoms with Gasteiger partial charge in [0.1, 0.15) is 5.56 Å². The smallest absolute Gasteiger partial charge is 0.282 e. The number of para-hydroxylation sites is 1. The second-order valence-electron chi connectivity index (χ2n) is 7.26. The molecular weight excluding hydrogens is 436 g/mol. The summed E-state index contributed by atoms with van der Waals surface area (Å²) in [7, 11) is 0. The van der Waals surface area contributed by atoms with Gasteiger partial charge in [-0.15, -0.1) is 0 Å². The van der Waals surface area contributed by atoms with Crippen molar-refractivity contribution in [1.82, 2.24) is 15.2 Å². The van der Waals surface area contributed by atoms with Gasteiger partial charge in [-0.1, -0.05) is 23.5 Å². The molecule has 12 heteroatoms. The summed E-state index contributed by atoms with van der Waals surface area (Å²) in [5.41, 5.74) is 0.648. The van der Waals surface area contributed by atoms with Gasteiger partial charge in [0.2, 0.25) is 0 Å². The van der Waals surface area contributed by atoms with E-state index in [1.807, 2.05) is 0 Å². The van der Waals surface area contributed by atoms with Crippen LogP contribution in [-0.4, -0.2) is 64.9 Å². The van der Waals surface area contributed by atoms with Crippen molar-refractivity contribution in [3.05, 3.63) is 68.3 Å². The molecule has 1 fully saturated rings. The number of anilines is 1. The fraction of sp³-hybridized carbons (Fsp3) is 0.300. The van der Waals surface area contributed by atoms with Crippen LogP contribution in [0.2, 0.25) is 0 Å². The molecule has 32 heavy (non-hydrogen) atoms. The third kappa shape index (κ3) is 4.65. The lowest BCUT2D eigenvalue weighted by Crippen LogP contribution is -2.48. The fourth-order valence-electron chi connectivity index (χ4n) is 3.56. The molecule has 1 amide bonds. The number of hydrogen-bond donors (Lipinski definition) is 1. The highest BCUT2D eigenvalue weighted by Gasteiger charge is 2.22. The van der Waals surface area contributed by atoms with Crippen LogP contribution in [-0.2, 0) is 0 Å². The maximum atomic E-state index is 12.3. The lowest BCUT2D eigenvalue weighted by Gasteiger charge is -2.34. The first kappa shape index (κ1) is 21.6. The molecule has 0 unspecified atom stereocenters. The molecule has 166 valence electrons. The monoisotopic (exact) mass is 456 g/mol. The fourth-order valence-corrected chi connectivity index (χ4v) is 4.61. The summed E-state index contributed by atoms with van der Waals surface area (Å²) in [5, 5.41) is 25.6. The first-order chi connectivity index (χ1) is 15.4. The average Bonchev–Trinajstić information content (AvgIpc) is 3.22. The number of amides is 1. The molecule has 1 aliphatic rings. The molecular formula is C20H20N6O5S. The van der Waals surface area contributed by atoms with Crippen LogP contribution < -0.4 is 10.2 Å². The van der Waals surface area contributed by atoms with E-state index in [4.69, 9.17) is 0 Å². The Bertz CT molecular complexity index is 1170. The lowest BCUT2D eigenvalue weighted by molar-refractivity contribution is -0.385. The van der Waals surface area contributed by atoms with Gasteiger partial charge in [0.05, 0.1) is 20.1 Å². The molecule has 0 aliphatic carbocycles. The summed E-state index contributed by atoms with van der Waals surface area (Å²) in [6.07, 6.45) is 0. The SMILES string of the molecule is O=C(NCCN1CCN(c2nc3ccc([N+](=O)[O-])cc3s2)CC1)c1ccccc1[N+](=O)[O-]. The number of nitrogens with zero attached hydrogens (tertiary/aromatic N) is 5. The second-order valence-corrected chi connectivity index (χ2v) is 8.27. The normalized spacial score (nSPS) is 14.4. The quantitative estimate of drug-likeness (QED) is 0.423. The van der Waals surface area contributed by atoms with Crippen molar-refractivity contribution in [2.45, 2.75) is 0 Å². The van der Waals surface area contributed by atoms with Gasteiger partial charge in [0.15, 0.2) is 5.13 Å². The summed E-state index contributed by atoms with van der Waals surface area (Å²) in [6, 6.07) is 10.6. The number of nitrogens with one attached hydrogen (secondary N) is 1. The van der Waals surface area contributed by atoms with Crippen molar-refractivity contribution in [2.75, 3.05) is 44.2 Å². The minimum absolute atomic E-state index is 0.0541.